The average molecular weight is 398 g/mol. The first kappa shape index (κ1) is 16.0. The van der Waals surface area contributed by atoms with Crippen molar-refractivity contribution in [1.82, 2.24) is 10.1 Å². The first-order chi connectivity index (χ1) is 12.2. The van der Waals surface area contributed by atoms with E-state index in [0.717, 1.165) is 34.4 Å². The van der Waals surface area contributed by atoms with Gasteiger partial charge in [-0.25, -0.2) is 0 Å². The van der Waals surface area contributed by atoms with E-state index in [4.69, 9.17) is 4.52 Å². The number of anilines is 1. The molecule has 1 aliphatic carbocycles. The lowest BCUT2D eigenvalue weighted by Gasteiger charge is -2.10. The molecule has 0 spiro atoms. The number of nitrogens with zero attached hydrogens (tertiary/aromatic N) is 2. The van der Waals surface area contributed by atoms with E-state index in [-0.39, 0.29) is 5.91 Å². The van der Waals surface area contributed by atoms with Crippen molar-refractivity contribution in [1.29, 1.82) is 0 Å². The third kappa shape index (κ3) is 3.79. The molecule has 0 atom stereocenters. The van der Waals surface area contributed by atoms with Crippen LogP contribution in [0.5, 0.6) is 0 Å². The highest BCUT2D eigenvalue weighted by atomic mass is 79.9. The molecule has 1 heterocycles. The molecule has 1 aromatic heterocycles. The summed E-state index contributed by atoms with van der Waals surface area (Å²) in [6, 6.07) is 15.0. The second-order valence-corrected chi connectivity index (χ2v) is 7.03. The third-order valence-electron chi connectivity index (χ3n) is 4.12. The molecule has 2 aromatic carbocycles. The van der Waals surface area contributed by atoms with Gasteiger partial charge in [0.15, 0.2) is 5.82 Å². The molecular weight excluding hydrogens is 382 g/mol. The molecule has 3 aromatic rings. The number of para-hydroxylation sites is 1. The van der Waals surface area contributed by atoms with Gasteiger partial charge >= 0.3 is 0 Å². The molecule has 4 rings (SSSR count). The maximum atomic E-state index is 12.5. The molecule has 1 aliphatic rings. The Balaban J connectivity index is 1.52. The normalized spacial score (nSPS) is 13.6. The van der Waals surface area contributed by atoms with Crippen molar-refractivity contribution in [2.75, 3.05) is 5.32 Å². The van der Waals surface area contributed by atoms with E-state index >= 15 is 0 Å². The number of rotatable bonds is 5. The first-order valence-corrected chi connectivity index (χ1v) is 8.95. The minimum Gasteiger partial charge on any atom is -0.339 e. The number of hydrogen-bond acceptors (Lipinski definition) is 4. The number of nitrogens with one attached hydrogen (secondary N) is 1. The number of aromatic nitrogens is 2. The molecule has 1 N–H and O–H groups in total. The van der Waals surface area contributed by atoms with E-state index in [1.54, 1.807) is 12.1 Å². The van der Waals surface area contributed by atoms with Gasteiger partial charge in [0.25, 0.3) is 5.91 Å². The number of carbonyl (C=O) groups is 1. The van der Waals surface area contributed by atoms with Crippen molar-refractivity contribution < 1.29 is 9.32 Å². The summed E-state index contributed by atoms with van der Waals surface area (Å²) in [6.45, 7) is 0. The molecule has 0 radical (unpaired) electrons. The fourth-order valence-corrected chi connectivity index (χ4v) is 3.03. The predicted molar refractivity (Wildman–Crippen MR) is 97.6 cm³/mol. The van der Waals surface area contributed by atoms with Gasteiger partial charge < -0.3 is 9.84 Å². The summed E-state index contributed by atoms with van der Waals surface area (Å²) in [5, 5.41) is 7.01. The highest BCUT2D eigenvalue weighted by Gasteiger charge is 2.28. The molecule has 126 valence electrons. The Hall–Kier alpha value is -2.47. The van der Waals surface area contributed by atoms with Crippen LogP contribution in [-0.4, -0.2) is 16.0 Å². The van der Waals surface area contributed by atoms with Gasteiger partial charge in [0.1, 0.15) is 0 Å². The van der Waals surface area contributed by atoms with E-state index in [1.807, 2.05) is 36.4 Å². The van der Waals surface area contributed by atoms with Crippen molar-refractivity contribution in [3.8, 4) is 0 Å². The Morgan fingerprint density at radius 2 is 2.04 bits per heavy atom. The van der Waals surface area contributed by atoms with Gasteiger partial charge in [-0.05, 0) is 42.7 Å². The lowest BCUT2D eigenvalue weighted by Crippen LogP contribution is -2.13. The quantitative estimate of drug-likeness (QED) is 0.685. The van der Waals surface area contributed by atoms with Crippen LogP contribution in [0.15, 0.2) is 57.5 Å². The molecule has 0 unspecified atom stereocenters. The summed E-state index contributed by atoms with van der Waals surface area (Å²) in [7, 11) is 0. The predicted octanol–water partition coefficient (Wildman–Crippen LogP) is 4.55. The van der Waals surface area contributed by atoms with Crippen LogP contribution < -0.4 is 5.32 Å². The van der Waals surface area contributed by atoms with Gasteiger partial charge in [-0.3, -0.25) is 4.79 Å². The molecule has 0 bridgehead atoms. The summed E-state index contributed by atoms with van der Waals surface area (Å²) >= 11 is 3.39. The van der Waals surface area contributed by atoms with Crippen LogP contribution in [0, 0.1) is 0 Å². The number of hydrogen-bond donors (Lipinski definition) is 1. The Kier molecular flexibility index (Phi) is 4.36. The van der Waals surface area contributed by atoms with Gasteiger partial charge in [0, 0.05) is 21.6 Å². The Morgan fingerprint density at radius 1 is 1.20 bits per heavy atom. The van der Waals surface area contributed by atoms with Gasteiger partial charge in [-0.1, -0.05) is 45.4 Å². The zero-order valence-electron chi connectivity index (χ0n) is 13.4. The van der Waals surface area contributed by atoms with E-state index in [0.29, 0.717) is 23.8 Å². The molecule has 5 nitrogen and oxygen atoms in total. The second kappa shape index (κ2) is 6.80. The zero-order chi connectivity index (χ0) is 17.2. The van der Waals surface area contributed by atoms with E-state index in [1.165, 1.54) is 0 Å². The smallest absolute Gasteiger partial charge is 0.255 e. The molecule has 1 saturated carbocycles. The lowest BCUT2D eigenvalue weighted by atomic mass is 10.1. The minimum atomic E-state index is -0.155. The lowest BCUT2D eigenvalue weighted by molar-refractivity contribution is 0.102. The van der Waals surface area contributed by atoms with Crippen LogP contribution >= 0.6 is 15.9 Å². The highest BCUT2D eigenvalue weighted by molar-refractivity contribution is 9.10. The highest BCUT2D eigenvalue weighted by Crippen LogP contribution is 2.38. The van der Waals surface area contributed by atoms with Crippen LogP contribution in [0.25, 0.3) is 0 Å². The van der Waals surface area contributed by atoms with Crippen LogP contribution in [0.3, 0.4) is 0 Å². The standard InChI is InChI=1S/C19H16BrN3O2/c20-15-6-3-5-14(10-15)19(24)21-16-7-2-1-4-13(16)11-17-22-18(23-25-17)12-8-9-12/h1-7,10,12H,8-9,11H2,(H,21,24). The summed E-state index contributed by atoms with van der Waals surface area (Å²) in [5.41, 5.74) is 2.29. The van der Waals surface area contributed by atoms with Gasteiger partial charge in [0.05, 0.1) is 6.42 Å². The molecule has 1 amide bonds. The monoisotopic (exact) mass is 397 g/mol. The average Bonchev–Trinajstić information content (AvgIpc) is 3.36. The molecule has 0 saturated heterocycles. The van der Waals surface area contributed by atoms with E-state index in [2.05, 4.69) is 31.4 Å². The topological polar surface area (TPSA) is 68.0 Å². The molecular formula is C19H16BrN3O2. The summed E-state index contributed by atoms with van der Waals surface area (Å²) in [4.78, 5) is 17.0. The van der Waals surface area contributed by atoms with E-state index < -0.39 is 0 Å². The Morgan fingerprint density at radius 3 is 2.84 bits per heavy atom. The Labute approximate surface area is 153 Å². The Bertz CT molecular complexity index is 918. The van der Waals surface area contributed by atoms with Gasteiger partial charge in [-0.15, -0.1) is 0 Å². The molecule has 6 heteroatoms. The van der Waals surface area contributed by atoms with Gasteiger partial charge in [-0.2, -0.15) is 4.98 Å². The van der Waals surface area contributed by atoms with Crippen LogP contribution in [0.2, 0.25) is 0 Å². The number of benzene rings is 2. The maximum absolute atomic E-state index is 12.5. The molecule has 0 aliphatic heterocycles. The second-order valence-electron chi connectivity index (χ2n) is 6.12. The number of amides is 1. The van der Waals surface area contributed by atoms with Crippen LogP contribution in [0.4, 0.5) is 5.69 Å². The summed E-state index contributed by atoms with van der Waals surface area (Å²) < 4.78 is 6.22. The van der Waals surface area contributed by atoms with Crippen LogP contribution in [0.1, 0.15) is 46.4 Å². The van der Waals surface area contributed by atoms with Crippen molar-refractivity contribution in [3.63, 3.8) is 0 Å². The summed E-state index contributed by atoms with van der Waals surface area (Å²) in [5.74, 6) is 1.68. The maximum Gasteiger partial charge on any atom is 0.255 e. The zero-order valence-corrected chi connectivity index (χ0v) is 15.0. The first-order valence-electron chi connectivity index (χ1n) is 8.16. The third-order valence-corrected chi connectivity index (χ3v) is 4.61. The fraction of sp³-hybridized carbons (Fsp3) is 0.211. The van der Waals surface area contributed by atoms with Crippen LogP contribution in [-0.2, 0) is 6.42 Å². The van der Waals surface area contributed by atoms with Gasteiger partial charge in [0.2, 0.25) is 5.89 Å². The molecule has 25 heavy (non-hydrogen) atoms. The van der Waals surface area contributed by atoms with Crippen molar-refractivity contribution in [2.24, 2.45) is 0 Å². The van der Waals surface area contributed by atoms with Crippen molar-refractivity contribution >= 4 is 27.5 Å². The fourth-order valence-electron chi connectivity index (χ4n) is 2.63. The number of halogens is 1. The number of carbonyl (C=O) groups excluding carboxylic acids is 1. The van der Waals surface area contributed by atoms with E-state index in [9.17, 15) is 4.79 Å². The molecule has 1 fully saturated rings. The minimum absolute atomic E-state index is 0.155. The van der Waals surface area contributed by atoms with Crippen molar-refractivity contribution in [3.05, 3.63) is 75.8 Å². The summed E-state index contributed by atoms with van der Waals surface area (Å²) in [6.07, 6.45) is 2.77. The SMILES string of the molecule is O=C(Nc1ccccc1Cc1nc(C2CC2)no1)c1cccc(Br)c1. The van der Waals surface area contributed by atoms with Crippen molar-refractivity contribution in [2.45, 2.75) is 25.2 Å². The largest absolute Gasteiger partial charge is 0.339 e.